The maximum absolute atomic E-state index is 12.6. The Hall–Kier alpha value is -3.12. The van der Waals surface area contributed by atoms with Gasteiger partial charge in [-0.1, -0.05) is 59.3 Å². The number of anilines is 1. The molecule has 0 aliphatic rings. The van der Waals surface area contributed by atoms with Crippen LogP contribution < -0.4 is 15.5 Å². The number of nitrogens with zero attached hydrogens (tertiary/aromatic N) is 1. The van der Waals surface area contributed by atoms with Gasteiger partial charge in [-0.25, -0.2) is 5.43 Å². The molecule has 160 valence electrons. The van der Waals surface area contributed by atoms with Crippen molar-refractivity contribution >= 4 is 33.7 Å². The van der Waals surface area contributed by atoms with Crippen LogP contribution in [0.4, 0.5) is 5.69 Å². The Morgan fingerprint density at radius 3 is 2.68 bits per heavy atom. The summed E-state index contributed by atoms with van der Waals surface area (Å²) >= 11 is 3.47. The minimum Gasteiger partial charge on any atom is -0.488 e. The largest absolute Gasteiger partial charge is 0.488 e. The Balaban J connectivity index is 1.60. The van der Waals surface area contributed by atoms with Gasteiger partial charge in [0, 0.05) is 15.7 Å². The Morgan fingerprint density at radius 2 is 1.90 bits per heavy atom. The summed E-state index contributed by atoms with van der Waals surface area (Å²) in [6, 6.07) is 23.1. The zero-order chi connectivity index (χ0) is 22.1. The fourth-order valence-electron chi connectivity index (χ4n) is 3.04. The van der Waals surface area contributed by atoms with E-state index in [1.165, 1.54) is 0 Å². The van der Waals surface area contributed by atoms with Gasteiger partial charge in [0.05, 0.1) is 6.21 Å². The molecule has 0 aliphatic heterocycles. The molecule has 6 heteroatoms. The lowest BCUT2D eigenvalue weighted by Crippen LogP contribution is -2.36. The SMILES string of the molecule is CC[C@@H](Nc1cccc(C)c1)C(=O)N/N=C/c1ccccc1OCc1cccc(Br)c1. The van der Waals surface area contributed by atoms with E-state index in [9.17, 15) is 4.79 Å². The van der Waals surface area contributed by atoms with Crippen LogP contribution in [0.3, 0.4) is 0 Å². The summed E-state index contributed by atoms with van der Waals surface area (Å²) in [5.41, 5.74) is 6.53. The number of benzene rings is 3. The van der Waals surface area contributed by atoms with E-state index in [0.717, 1.165) is 26.9 Å². The third-order valence-corrected chi connectivity index (χ3v) is 5.16. The lowest BCUT2D eigenvalue weighted by molar-refractivity contribution is -0.121. The minimum atomic E-state index is -0.373. The van der Waals surface area contributed by atoms with Crippen LogP contribution >= 0.6 is 15.9 Å². The normalized spacial score (nSPS) is 11.8. The number of para-hydroxylation sites is 1. The quantitative estimate of drug-likeness (QED) is 0.306. The first-order valence-electron chi connectivity index (χ1n) is 10.2. The molecule has 3 rings (SSSR count). The number of halogens is 1. The number of carbonyl (C=O) groups excluding carboxylic acids is 1. The zero-order valence-electron chi connectivity index (χ0n) is 17.6. The van der Waals surface area contributed by atoms with Gasteiger partial charge in [-0.3, -0.25) is 4.79 Å². The van der Waals surface area contributed by atoms with Crippen molar-refractivity contribution in [1.29, 1.82) is 0 Å². The number of carbonyl (C=O) groups is 1. The van der Waals surface area contributed by atoms with Crippen molar-refractivity contribution in [2.45, 2.75) is 32.9 Å². The predicted octanol–water partition coefficient (Wildman–Crippen LogP) is 5.68. The van der Waals surface area contributed by atoms with Gasteiger partial charge < -0.3 is 10.1 Å². The first kappa shape index (κ1) is 22.6. The lowest BCUT2D eigenvalue weighted by atomic mass is 10.1. The molecule has 1 amide bonds. The Bertz CT molecular complexity index is 1050. The van der Waals surface area contributed by atoms with E-state index < -0.39 is 0 Å². The molecule has 0 spiro atoms. The van der Waals surface area contributed by atoms with E-state index >= 15 is 0 Å². The second-order valence-corrected chi connectivity index (χ2v) is 8.08. The molecule has 0 radical (unpaired) electrons. The van der Waals surface area contributed by atoms with E-state index in [1.807, 2.05) is 86.6 Å². The zero-order valence-corrected chi connectivity index (χ0v) is 19.2. The van der Waals surface area contributed by atoms with Crippen LogP contribution in [0.2, 0.25) is 0 Å². The van der Waals surface area contributed by atoms with E-state index in [0.29, 0.717) is 18.8 Å². The monoisotopic (exact) mass is 479 g/mol. The summed E-state index contributed by atoms with van der Waals surface area (Å²) in [5.74, 6) is 0.512. The predicted molar refractivity (Wildman–Crippen MR) is 130 cm³/mol. The van der Waals surface area contributed by atoms with Crippen molar-refractivity contribution in [2.24, 2.45) is 5.10 Å². The van der Waals surface area contributed by atoms with Crippen molar-refractivity contribution < 1.29 is 9.53 Å². The number of amides is 1. The molecule has 1 atom stereocenters. The molecule has 3 aromatic rings. The van der Waals surface area contributed by atoms with Gasteiger partial charge >= 0.3 is 0 Å². The molecule has 0 saturated heterocycles. The molecule has 0 unspecified atom stereocenters. The first-order chi connectivity index (χ1) is 15.0. The Labute approximate surface area is 191 Å². The van der Waals surface area contributed by atoms with E-state index in [-0.39, 0.29) is 11.9 Å². The number of nitrogens with one attached hydrogen (secondary N) is 2. The maximum Gasteiger partial charge on any atom is 0.262 e. The molecule has 3 aromatic carbocycles. The first-order valence-corrected chi connectivity index (χ1v) is 11.0. The Morgan fingerprint density at radius 1 is 1.10 bits per heavy atom. The van der Waals surface area contributed by atoms with Gasteiger partial charge in [0.2, 0.25) is 0 Å². The van der Waals surface area contributed by atoms with Crippen LogP contribution in [0.25, 0.3) is 0 Å². The molecular formula is C25H26BrN3O2. The Kier molecular flexibility index (Phi) is 8.24. The van der Waals surface area contributed by atoms with Gasteiger partial charge in [0.1, 0.15) is 18.4 Å². The van der Waals surface area contributed by atoms with Crippen molar-refractivity contribution in [3.8, 4) is 5.75 Å². The molecule has 0 bridgehead atoms. The fraction of sp³-hybridized carbons (Fsp3) is 0.200. The summed E-state index contributed by atoms with van der Waals surface area (Å²) in [7, 11) is 0. The highest BCUT2D eigenvalue weighted by Crippen LogP contribution is 2.19. The second kappa shape index (κ2) is 11.3. The fourth-order valence-corrected chi connectivity index (χ4v) is 3.49. The molecule has 0 aromatic heterocycles. The number of hydrogen-bond donors (Lipinski definition) is 2. The summed E-state index contributed by atoms with van der Waals surface area (Å²) < 4.78 is 6.97. The van der Waals surface area contributed by atoms with Gasteiger partial charge in [-0.05, 0) is 60.9 Å². The van der Waals surface area contributed by atoms with Crippen LogP contribution in [0, 0.1) is 6.92 Å². The molecule has 0 fully saturated rings. The number of hydrogen-bond acceptors (Lipinski definition) is 4. The molecule has 5 nitrogen and oxygen atoms in total. The molecular weight excluding hydrogens is 454 g/mol. The van der Waals surface area contributed by atoms with Crippen LogP contribution in [-0.2, 0) is 11.4 Å². The van der Waals surface area contributed by atoms with Crippen molar-refractivity contribution in [2.75, 3.05) is 5.32 Å². The standard InChI is InChI=1S/C25H26BrN3O2/c1-3-23(28-22-12-6-8-18(2)14-22)25(30)29-27-16-20-10-4-5-13-24(20)31-17-19-9-7-11-21(26)15-19/h4-16,23,28H,3,17H2,1-2H3,(H,29,30)/b27-16+/t23-/m1/s1. The highest BCUT2D eigenvalue weighted by atomic mass is 79.9. The highest BCUT2D eigenvalue weighted by molar-refractivity contribution is 9.10. The van der Waals surface area contributed by atoms with E-state index in [1.54, 1.807) is 6.21 Å². The average molecular weight is 480 g/mol. The number of hydrazone groups is 1. The van der Waals surface area contributed by atoms with Gasteiger partial charge in [-0.2, -0.15) is 5.10 Å². The maximum atomic E-state index is 12.6. The molecule has 0 aliphatic carbocycles. The number of aryl methyl sites for hydroxylation is 1. The van der Waals surface area contributed by atoms with Crippen molar-refractivity contribution in [3.63, 3.8) is 0 Å². The van der Waals surface area contributed by atoms with Crippen molar-refractivity contribution in [3.05, 3.63) is 94.0 Å². The number of rotatable bonds is 9. The summed E-state index contributed by atoms with van der Waals surface area (Å²) in [6.07, 6.45) is 2.25. The van der Waals surface area contributed by atoms with Crippen LogP contribution in [0.5, 0.6) is 5.75 Å². The third kappa shape index (κ3) is 6.96. The summed E-state index contributed by atoms with van der Waals surface area (Å²) in [5, 5.41) is 7.41. The summed E-state index contributed by atoms with van der Waals surface area (Å²) in [6.45, 7) is 4.42. The molecule has 0 saturated carbocycles. The topological polar surface area (TPSA) is 62.7 Å². The average Bonchev–Trinajstić information content (AvgIpc) is 2.77. The van der Waals surface area contributed by atoms with Gasteiger partial charge in [-0.15, -0.1) is 0 Å². The third-order valence-electron chi connectivity index (χ3n) is 4.66. The summed E-state index contributed by atoms with van der Waals surface area (Å²) in [4.78, 5) is 12.6. The highest BCUT2D eigenvalue weighted by Gasteiger charge is 2.15. The molecule has 31 heavy (non-hydrogen) atoms. The van der Waals surface area contributed by atoms with E-state index in [2.05, 4.69) is 31.8 Å². The second-order valence-electron chi connectivity index (χ2n) is 7.17. The van der Waals surface area contributed by atoms with Crippen LogP contribution in [-0.4, -0.2) is 18.2 Å². The van der Waals surface area contributed by atoms with Crippen LogP contribution in [0.15, 0.2) is 82.4 Å². The molecule has 2 N–H and O–H groups in total. The molecule has 0 heterocycles. The van der Waals surface area contributed by atoms with Gasteiger partial charge in [0.25, 0.3) is 5.91 Å². The van der Waals surface area contributed by atoms with Crippen molar-refractivity contribution in [1.82, 2.24) is 5.43 Å². The lowest BCUT2D eigenvalue weighted by Gasteiger charge is -2.16. The van der Waals surface area contributed by atoms with Gasteiger partial charge in [0.15, 0.2) is 0 Å². The number of ether oxygens (including phenoxy) is 1. The smallest absolute Gasteiger partial charge is 0.262 e. The van der Waals surface area contributed by atoms with Crippen LogP contribution in [0.1, 0.15) is 30.0 Å². The minimum absolute atomic E-state index is 0.187. The van der Waals surface area contributed by atoms with E-state index in [4.69, 9.17) is 4.74 Å².